The molecule has 2 amide bonds. The summed E-state index contributed by atoms with van der Waals surface area (Å²) in [5, 5.41) is 4.63. The summed E-state index contributed by atoms with van der Waals surface area (Å²) in [5.74, 6) is 1.36. The highest BCUT2D eigenvalue weighted by Crippen LogP contribution is 2.44. The molecule has 192 valence electrons. The van der Waals surface area contributed by atoms with Crippen LogP contribution < -0.4 is 10.1 Å². The lowest BCUT2D eigenvalue weighted by Gasteiger charge is -2.36. The lowest BCUT2D eigenvalue weighted by atomic mass is 9.93. The fraction of sp³-hybridized carbons (Fsp3) is 0.310. The van der Waals surface area contributed by atoms with Crippen molar-refractivity contribution in [2.75, 3.05) is 26.2 Å². The molecule has 6 nitrogen and oxygen atoms in total. The number of ether oxygens (including phenoxy) is 1. The average Bonchev–Trinajstić information content (AvgIpc) is 3.30. The molecule has 37 heavy (non-hydrogen) atoms. The maximum atomic E-state index is 14.2. The normalized spacial score (nSPS) is 19.8. The molecule has 3 aromatic carbocycles. The average molecular weight is 537 g/mol. The van der Waals surface area contributed by atoms with Crippen molar-refractivity contribution in [3.05, 3.63) is 99.5 Å². The highest BCUT2D eigenvalue weighted by Gasteiger charge is 2.44. The lowest BCUT2D eigenvalue weighted by Crippen LogP contribution is -2.53. The molecule has 1 saturated heterocycles. The predicted octanol–water partition coefficient (Wildman–Crippen LogP) is 6.35. The monoisotopic (exact) mass is 536 g/mol. The molecule has 2 heterocycles. The topological polar surface area (TPSA) is 57.2 Å². The van der Waals surface area contributed by atoms with Crippen LogP contribution in [0.3, 0.4) is 0 Å². The number of carbonyl (C=O) groups excluding carboxylic acids is 1. The molecule has 2 unspecified atom stereocenters. The Balaban J connectivity index is 1.65. The minimum atomic E-state index is -0.356. The molecule has 2 aliphatic heterocycles. The van der Waals surface area contributed by atoms with E-state index in [2.05, 4.69) is 5.32 Å². The number of amidine groups is 1. The lowest BCUT2D eigenvalue weighted by molar-refractivity contribution is 0.157. The van der Waals surface area contributed by atoms with Gasteiger partial charge in [0.2, 0.25) is 0 Å². The van der Waals surface area contributed by atoms with Crippen LogP contribution in [0.25, 0.3) is 0 Å². The summed E-state index contributed by atoms with van der Waals surface area (Å²) < 4.78 is 5.97. The van der Waals surface area contributed by atoms with Crippen LogP contribution >= 0.6 is 23.2 Å². The number of amides is 2. The van der Waals surface area contributed by atoms with E-state index >= 15 is 0 Å². The van der Waals surface area contributed by atoms with Crippen molar-refractivity contribution in [3.8, 4) is 5.75 Å². The van der Waals surface area contributed by atoms with Gasteiger partial charge in [-0.15, -0.1) is 0 Å². The Labute approximate surface area is 227 Å². The molecule has 3 aromatic rings. The summed E-state index contributed by atoms with van der Waals surface area (Å²) >= 11 is 12.5. The molecule has 1 N–H and O–H groups in total. The number of halogens is 2. The maximum absolute atomic E-state index is 14.2. The first-order chi connectivity index (χ1) is 17.9. The van der Waals surface area contributed by atoms with Crippen molar-refractivity contribution in [1.82, 2.24) is 15.1 Å². The van der Waals surface area contributed by atoms with Crippen LogP contribution in [0.2, 0.25) is 10.0 Å². The Morgan fingerprint density at radius 2 is 1.57 bits per heavy atom. The molecule has 8 heteroatoms. The van der Waals surface area contributed by atoms with Gasteiger partial charge >= 0.3 is 6.03 Å². The largest absolute Gasteiger partial charge is 0.491 e. The van der Waals surface area contributed by atoms with Gasteiger partial charge in [-0.05, 0) is 61.4 Å². The molecule has 0 aromatic heterocycles. The smallest absolute Gasteiger partial charge is 0.326 e. The standard InChI is InChI=1S/C29H30Cl2N4O2/c1-19(2)37-25-5-3-4-22(18-25)28-33-26(20-6-10-23(30)11-7-20)27(21-8-12-24(31)13-9-21)35(28)29(36)34-16-14-32-15-17-34/h3-13,18-19,26-27,32H,14-17H2,1-2H3. The van der Waals surface area contributed by atoms with Crippen molar-refractivity contribution in [1.29, 1.82) is 0 Å². The number of benzene rings is 3. The van der Waals surface area contributed by atoms with Crippen LogP contribution in [-0.2, 0) is 0 Å². The third-order valence-corrected chi connectivity index (χ3v) is 7.05. The third-order valence-electron chi connectivity index (χ3n) is 6.55. The molecule has 0 bridgehead atoms. The molecule has 2 aliphatic rings. The molecule has 0 radical (unpaired) electrons. The van der Waals surface area contributed by atoms with Crippen molar-refractivity contribution in [2.24, 2.45) is 4.99 Å². The Morgan fingerprint density at radius 3 is 2.19 bits per heavy atom. The summed E-state index contributed by atoms with van der Waals surface area (Å²) in [4.78, 5) is 23.1. The van der Waals surface area contributed by atoms with Crippen molar-refractivity contribution < 1.29 is 9.53 Å². The molecule has 5 rings (SSSR count). The Morgan fingerprint density at radius 1 is 0.946 bits per heavy atom. The summed E-state index contributed by atoms with van der Waals surface area (Å²) in [6.07, 6.45) is 0.0305. The summed E-state index contributed by atoms with van der Waals surface area (Å²) in [5.41, 5.74) is 2.77. The van der Waals surface area contributed by atoms with Crippen molar-refractivity contribution >= 4 is 35.1 Å². The second-order valence-electron chi connectivity index (χ2n) is 9.53. The van der Waals surface area contributed by atoms with Gasteiger partial charge in [-0.2, -0.15) is 0 Å². The first-order valence-electron chi connectivity index (χ1n) is 12.6. The fourth-order valence-electron chi connectivity index (χ4n) is 4.86. The summed E-state index contributed by atoms with van der Waals surface area (Å²) in [6, 6.07) is 22.4. The molecular weight excluding hydrogens is 507 g/mol. The number of rotatable bonds is 5. The van der Waals surface area contributed by atoms with E-state index in [1.807, 2.05) is 96.4 Å². The van der Waals surface area contributed by atoms with E-state index in [0.717, 1.165) is 35.5 Å². The molecular formula is C29H30Cl2N4O2. The molecule has 0 spiro atoms. The highest BCUT2D eigenvalue weighted by atomic mass is 35.5. The highest BCUT2D eigenvalue weighted by molar-refractivity contribution is 6.30. The minimum absolute atomic E-state index is 0.0305. The summed E-state index contributed by atoms with van der Waals surface area (Å²) in [6.45, 7) is 6.78. The molecule has 1 fully saturated rings. The minimum Gasteiger partial charge on any atom is -0.491 e. The zero-order chi connectivity index (χ0) is 25.9. The first-order valence-corrected chi connectivity index (χ1v) is 13.3. The van der Waals surface area contributed by atoms with E-state index in [-0.39, 0.29) is 24.2 Å². The Kier molecular flexibility index (Phi) is 7.70. The van der Waals surface area contributed by atoms with E-state index in [4.69, 9.17) is 32.9 Å². The number of urea groups is 1. The van der Waals surface area contributed by atoms with E-state index < -0.39 is 0 Å². The number of nitrogens with zero attached hydrogens (tertiary/aromatic N) is 3. The third kappa shape index (κ3) is 5.61. The number of nitrogens with one attached hydrogen (secondary N) is 1. The van der Waals surface area contributed by atoms with Crippen LogP contribution in [-0.4, -0.2) is 53.9 Å². The van der Waals surface area contributed by atoms with Gasteiger partial charge in [0.05, 0.1) is 12.1 Å². The molecule has 2 atom stereocenters. The van der Waals surface area contributed by atoms with Gasteiger partial charge < -0.3 is 15.0 Å². The van der Waals surface area contributed by atoms with Crippen molar-refractivity contribution in [3.63, 3.8) is 0 Å². The van der Waals surface area contributed by atoms with E-state index in [9.17, 15) is 4.79 Å². The summed E-state index contributed by atoms with van der Waals surface area (Å²) in [7, 11) is 0. The zero-order valence-electron chi connectivity index (χ0n) is 20.9. The van der Waals surface area contributed by atoms with E-state index in [1.165, 1.54) is 0 Å². The van der Waals surface area contributed by atoms with Crippen LogP contribution in [0.5, 0.6) is 5.75 Å². The van der Waals surface area contributed by atoms with Gasteiger partial charge in [0.25, 0.3) is 0 Å². The van der Waals surface area contributed by atoms with E-state index in [1.54, 1.807) is 0 Å². The zero-order valence-corrected chi connectivity index (χ0v) is 22.4. The van der Waals surface area contributed by atoms with Crippen molar-refractivity contribution in [2.45, 2.75) is 32.0 Å². The quantitative estimate of drug-likeness (QED) is 0.413. The number of hydrogen-bond donors (Lipinski definition) is 1. The van der Waals surface area contributed by atoms with Crippen LogP contribution in [0.15, 0.2) is 77.8 Å². The van der Waals surface area contributed by atoms with Gasteiger partial charge in [0, 0.05) is 41.8 Å². The fourth-order valence-corrected chi connectivity index (χ4v) is 5.11. The second-order valence-corrected chi connectivity index (χ2v) is 10.4. The Hall–Kier alpha value is -3.06. The van der Waals surface area contributed by atoms with Crippen LogP contribution in [0.1, 0.15) is 42.6 Å². The second kappa shape index (κ2) is 11.1. The van der Waals surface area contributed by atoms with Gasteiger partial charge in [-0.1, -0.05) is 59.6 Å². The van der Waals surface area contributed by atoms with E-state index in [0.29, 0.717) is 29.0 Å². The first kappa shape index (κ1) is 25.6. The number of piperazine rings is 1. The predicted molar refractivity (Wildman–Crippen MR) is 149 cm³/mol. The van der Waals surface area contributed by atoms with Gasteiger partial charge in [-0.3, -0.25) is 9.89 Å². The Bertz CT molecular complexity index is 1270. The molecule has 0 saturated carbocycles. The van der Waals surface area contributed by atoms with Gasteiger partial charge in [0.1, 0.15) is 17.6 Å². The van der Waals surface area contributed by atoms with Crippen LogP contribution in [0, 0.1) is 0 Å². The SMILES string of the molecule is CC(C)Oc1cccc(C2=NC(c3ccc(Cl)cc3)C(c3ccc(Cl)cc3)N2C(=O)N2CCNCC2)c1. The number of aliphatic imine (C=N–C) groups is 1. The molecule has 0 aliphatic carbocycles. The maximum Gasteiger partial charge on any atom is 0.326 e. The van der Waals surface area contributed by atoms with Gasteiger partial charge in [0.15, 0.2) is 0 Å². The van der Waals surface area contributed by atoms with Crippen LogP contribution in [0.4, 0.5) is 4.79 Å². The van der Waals surface area contributed by atoms with Gasteiger partial charge in [-0.25, -0.2) is 4.79 Å². The number of carbonyl (C=O) groups is 1. The number of hydrogen-bond acceptors (Lipinski definition) is 4.